The van der Waals surface area contributed by atoms with Gasteiger partial charge in [0.05, 0.1) is 6.54 Å². The molecule has 0 aliphatic heterocycles. The second-order valence-electron chi connectivity index (χ2n) is 2.74. The molecule has 10 heavy (non-hydrogen) atoms. The van der Waals surface area contributed by atoms with Crippen molar-refractivity contribution in [2.45, 2.75) is 13.3 Å². The number of hydrogen-bond acceptors (Lipinski definition) is 1. The molecular weight excluding hydrogens is 126 g/mol. The first kappa shape index (κ1) is 7.14. The van der Waals surface area contributed by atoms with Crippen LogP contribution in [0.5, 0.6) is 0 Å². The third kappa shape index (κ3) is 1.51. The summed E-state index contributed by atoms with van der Waals surface area (Å²) in [6.07, 6.45) is 5.99. The molecule has 2 heteroatoms. The van der Waals surface area contributed by atoms with Gasteiger partial charge in [-0.25, -0.2) is 0 Å². The van der Waals surface area contributed by atoms with E-state index in [4.69, 9.17) is 6.42 Å². The molecule has 1 rings (SSSR count). The highest BCUT2D eigenvalue weighted by molar-refractivity contribution is 5.81. The molecule has 0 unspecified atom stereocenters. The van der Waals surface area contributed by atoms with Crippen LogP contribution in [0.2, 0.25) is 0 Å². The molecule has 1 N–H and O–H groups in total. The molecule has 2 atom stereocenters. The van der Waals surface area contributed by atoms with Crippen LogP contribution in [0.3, 0.4) is 0 Å². The van der Waals surface area contributed by atoms with E-state index in [-0.39, 0.29) is 11.8 Å². The van der Waals surface area contributed by atoms with Gasteiger partial charge >= 0.3 is 0 Å². The van der Waals surface area contributed by atoms with Crippen molar-refractivity contribution >= 4 is 5.91 Å². The number of carbonyl (C=O) groups excluding carboxylic acids is 1. The Morgan fingerprint density at radius 3 is 2.90 bits per heavy atom. The van der Waals surface area contributed by atoms with Crippen LogP contribution in [0.1, 0.15) is 13.3 Å². The van der Waals surface area contributed by atoms with Crippen LogP contribution in [0.4, 0.5) is 0 Å². The fourth-order valence-electron chi connectivity index (χ4n) is 0.957. The minimum Gasteiger partial charge on any atom is -0.345 e. The fourth-order valence-corrected chi connectivity index (χ4v) is 0.957. The molecule has 1 aliphatic carbocycles. The van der Waals surface area contributed by atoms with Crippen LogP contribution >= 0.6 is 0 Å². The zero-order valence-electron chi connectivity index (χ0n) is 6.05. The lowest BCUT2D eigenvalue weighted by Crippen LogP contribution is -2.25. The van der Waals surface area contributed by atoms with Crippen LogP contribution in [0.15, 0.2) is 0 Å². The molecule has 0 saturated heterocycles. The molecule has 2 nitrogen and oxygen atoms in total. The van der Waals surface area contributed by atoms with Gasteiger partial charge in [-0.1, -0.05) is 12.8 Å². The van der Waals surface area contributed by atoms with Gasteiger partial charge in [-0.2, -0.15) is 0 Å². The van der Waals surface area contributed by atoms with E-state index in [2.05, 4.69) is 18.2 Å². The van der Waals surface area contributed by atoms with Crippen molar-refractivity contribution in [1.29, 1.82) is 0 Å². The standard InChI is InChI=1S/C8H11NO/c1-3-4-9-8(10)7-5-6(7)2/h1,6-7H,4-5H2,2H3,(H,9,10)/t6-,7-/m0/s1. The van der Waals surface area contributed by atoms with Crippen LogP contribution in [0.25, 0.3) is 0 Å². The Hall–Kier alpha value is -0.970. The highest BCUT2D eigenvalue weighted by Crippen LogP contribution is 2.37. The summed E-state index contributed by atoms with van der Waals surface area (Å²) in [6, 6.07) is 0. The van der Waals surface area contributed by atoms with Gasteiger partial charge in [0.15, 0.2) is 0 Å². The maximum atomic E-state index is 11.0. The maximum absolute atomic E-state index is 11.0. The van der Waals surface area contributed by atoms with E-state index in [0.29, 0.717) is 12.5 Å². The minimum atomic E-state index is 0.116. The van der Waals surface area contributed by atoms with Gasteiger partial charge in [-0.15, -0.1) is 6.42 Å². The van der Waals surface area contributed by atoms with Crippen molar-refractivity contribution < 1.29 is 4.79 Å². The molecule has 0 spiro atoms. The summed E-state index contributed by atoms with van der Waals surface area (Å²) >= 11 is 0. The second-order valence-corrected chi connectivity index (χ2v) is 2.74. The third-order valence-corrected chi connectivity index (χ3v) is 1.81. The van der Waals surface area contributed by atoms with E-state index in [1.807, 2.05) is 0 Å². The van der Waals surface area contributed by atoms with Gasteiger partial charge < -0.3 is 5.32 Å². The Morgan fingerprint density at radius 2 is 2.50 bits per heavy atom. The van der Waals surface area contributed by atoms with Crippen molar-refractivity contribution in [3.8, 4) is 12.3 Å². The van der Waals surface area contributed by atoms with E-state index < -0.39 is 0 Å². The molecule has 0 aromatic rings. The molecule has 0 aromatic carbocycles. The highest BCUT2D eigenvalue weighted by Gasteiger charge is 2.38. The number of rotatable bonds is 2. The molecule has 54 valence electrons. The number of terminal acetylenes is 1. The number of hydrogen-bond donors (Lipinski definition) is 1. The van der Waals surface area contributed by atoms with Crippen molar-refractivity contribution in [3.63, 3.8) is 0 Å². The summed E-state index contributed by atoms with van der Waals surface area (Å²) in [4.78, 5) is 11.0. The lowest BCUT2D eigenvalue weighted by Gasteiger charge is -1.96. The van der Waals surface area contributed by atoms with Crippen LogP contribution in [0, 0.1) is 24.2 Å². The molecule has 1 fully saturated rings. The summed E-state index contributed by atoms with van der Waals surface area (Å²) in [5.74, 6) is 3.29. The van der Waals surface area contributed by atoms with Crippen molar-refractivity contribution in [3.05, 3.63) is 0 Å². The SMILES string of the molecule is C#CCNC(=O)[C@H]1C[C@@H]1C. The topological polar surface area (TPSA) is 29.1 Å². The Morgan fingerprint density at radius 1 is 1.90 bits per heavy atom. The number of amides is 1. The average Bonchev–Trinajstić information content (AvgIpc) is 2.62. The van der Waals surface area contributed by atoms with E-state index in [1.54, 1.807) is 0 Å². The molecule has 1 saturated carbocycles. The Bertz CT molecular complexity index is 180. The van der Waals surface area contributed by atoms with Crippen LogP contribution < -0.4 is 5.32 Å². The Balaban J connectivity index is 2.18. The molecule has 1 aliphatic rings. The van der Waals surface area contributed by atoms with Gasteiger partial charge in [0.2, 0.25) is 5.91 Å². The first-order valence-electron chi connectivity index (χ1n) is 3.47. The molecule has 0 radical (unpaired) electrons. The van der Waals surface area contributed by atoms with E-state index in [1.165, 1.54) is 0 Å². The second kappa shape index (κ2) is 2.74. The van der Waals surface area contributed by atoms with Crippen LogP contribution in [-0.2, 0) is 4.79 Å². The van der Waals surface area contributed by atoms with Gasteiger partial charge in [-0.05, 0) is 12.3 Å². The zero-order valence-corrected chi connectivity index (χ0v) is 6.05. The minimum absolute atomic E-state index is 0.116. The first-order chi connectivity index (χ1) is 4.75. The molecule has 0 bridgehead atoms. The fraction of sp³-hybridized carbons (Fsp3) is 0.625. The van der Waals surface area contributed by atoms with Gasteiger partial charge in [0.1, 0.15) is 0 Å². The summed E-state index contributed by atoms with van der Waals surface area (Å²) in [5.41, 5.74) is 0. The van der Waals surface area contributed by atoms with Crippen molar-refractivity contribution in [2.24, 2.45) is 11.8 Å². The predicted molar refractivity (Wildman–Crippen MR) is 39.1 cm³/mol. The number of carbonyl (C=O) groups is 1. The smallest absolute Gasteiger partial charge is 0.224 e. The summed E-state index contributed by atoms with van der Waals surface area (Å²) < 4.78 is 0. The van der Waals surface area contributed by atoms with Crippen molar-refractivity contribution in [1.82, 2.24) is 5.32 Å². The lowest BCUT2D eigenvalue weighted by molar-refractivity contribution is -0.122. The predicted octanol–water partition coefficient (Wildman–Crippen LogP) is 0.392. The van der Waals surface area contributed by atoms with E-state index in [0.717, 1.165) is 6.42 Å². The van der Waals surface area contributed by atoms with Gasteiger partial charge in [-0.3, -0.25) is 4.79 Å². The Kier molecular flexibility index (Phi) is 1.96. The van der Waals surface area contributed by atoms with E-state index >= 15 is 0 Å². The quantitative estimate of drug-likeness (QED) is 0.548. The largest absolute Gasteiger partial charge is 0.345 e. The summed E-state index contributed by atoms with van der Waals surface area (Å²) in [6.45, 7) is 2.43. The maximum Gasteiger partial charge on any atom is 0.224 e. The average molecular weight is 137 g/mol. The zero-order chi connectivity index (χ0) is 7.56. The first-order valence-corrected chi connectivity index (χ1v) is 3.47. The van der Waals surface area contributed by atoms with Crippen LogP contribution in [-0.4, -0.2) is 12.5 Å². The molecular formula is C8H11NO. The van der Waals surface area contributed by atoms with Gasteiger partial charge in [0.25, 0.3) is 0 Å². The van der Waals surface area contributed by atoms with Gasteiger partial charge in [0, 0.05) is 5.92 Å². The molecule has 0 heterocycles. The highest BCUT2D eigenvalue weighted by atomic mass is 16.2. The third-order valence-electron chi connectivity index (χ3n) is 1.81. The lowest BCUT2D eigenvalue weighted by atomic mass is 10.3. The van der Waals surface area contributed by atoms with E-state index in [9.17, 15) is 4.79 Å². The summed E-state index contributed by atoms with van der Waals surface area (Å²) in [5, 5.41) is 2.65. The molecule has 1 amide bonds. The molecule has 0 aromatic heterocycles. The summed E-state index contributed by atoms with van der Waals surface area (Å²) in [7, 11) is 0. The number of nitrogens with one attached hydrogen (secondary N) is 1. The van der Waals surface area contributed by atoms with Crippen molar-refractivity contribution in [2.75, 3.05) is 6.54 Å². The Labute approximate surface area is 61.0 Å². The normalized spacial score (nSPS) is 28.8. The monoisotopic (exact) mass is 137 g/mol.